The van der Waals surface area contributed by atoms with Crippen molar-refractivity contribution in [2.45, 2.75) is 79.2 Å². The molecule has 3 rings (SSSR count). The van der Waals surface area contributed by atoms with Crippen molar-refractivity contribution in [1.29, 1.82) is 0 Å². The second-order valence-corrected chi connectivity index (χ2v) is 10.2. The second kappa shape index (κ2) is 7.04. The summed E-state index contributed by atoms with van der Waals surface area (Å²) in [5, 5.41) is 0.714. The van der Waals surface area contributed by atoms with Gasteiger partial charge in [-0.15, -0.1) is 11.3 Å². The van der Waals surface area contributed by atoms with Crippen molar-refractivity contribution in [3.05, 3.63) is 26.6 Å². The van der Waals surface area contributed by atoms with Crippen LogP contribution in [0.3, 0.4) is 0 Å². The van der Waals surface area contributed by atoms with Gasteiger partial charge in [0.1, 0.15) is 16.7 Å². The number of rotatable bonds is 4. The average molecular weight is 390 g/mol. The molecule has 2 heterocycles. The predicted octanol–water partition coefficient (Wildman–Crippen LogP) is 4.17. The number of hydrogen-bond donors (Lipinski definition) is 1. The normalized spacial score (nSPS) is 18.7. The Bertz CT molecular complexity index is 934. The summed E-state index contributed by atoms with van der Waals surface area (Å²) in [5.74, 6) is 0.833. The highest BCUT2D eigenvalue weighted by Gasteiger charge is 2.33. The third-order valence-electron chi connectivity index (χ3n) is 5.91. The molecule has 0 fully saturated rings. The lowest BCUT2D eigenvalue weighted by atomic mass is 9.72. The summed E-state index contributed by atoms with van der Waals surface area (Å²) >= 11 is 1.66. The van der Waals surface area contributed by atoms with E-state index >= 15 is 0 Å². The first-order chi connectivity index (χ1) is 12.6. The molecule has 0 aromatic carbocycles. The van der Waals surface area contributed by atoms with Crippen LogP contribution < -0.4 is 11.3 Å². The number of nitrogens with two attached hydrogens (primary N) is 1. The van der Waals surface area contributed by atoms with Gasteiger partial charge in [-0.25, -0.2) is 4.98 Å². The Kier molecular flexibility index (Phi) is 5.23. The molecule has 0 saturated heterocycles. The summed E-state index contributed by atoms with van der Waals surface area (Å²) in [6.45, 7) is 12.7. The predicted molar refractivity (Wildman–Crippen MR) is 111 cm³/mol. The van der Waals surface area contributed by atoms with Gasteiger partial charge < -0.3 is 5.73 Å². The zero-order valence-electron chi connectivity index (χ0n) is 17.3. The van der Waals surface area contributed by atoms with E-state index in [1.165, 1.54) is 4.88 Å². The third kappa shape index (κ3) is 3.44. The number of primary amides is 1. The van der Waals surface area contributed by atoms with Gasteiger partial charge in [0.05, 0.1) is 5.39 Å². The highest BCUT2D eigenvalue weighted by Crippen LogP contribution is 2.42. The van der Waals surface area contributed by atoms with Crippen LogP contribution in [0.1, 0.15) is 82.6 Å². The molecule has 148 valence electrons. The number of carbonyl (C=O) groups excluding carboxylic acids is 1. The fourth-order valence-electron chi connectivity index (χ4n) is 4.21. The first-order valence-corrected chi connectivity index (χ1v) is 10.7. The van der Waals surface area contributed by atoms with Crippen LogP contribution in [0.5, 0.6) is 0 Å². The molecular weight excluding hydrogens is 358 g/mol. The molecule has 1 aliphatic rings. The van der Waals surface area contributed by atoms with Crippen LogP contribution in [-0.4, -0.2) is 15.5 Å². The average Bonchev–Trinajstić information content (AvgIpc) is 2.93. The Morgan fingerprint density at radius 3 is 2.56 bits per heavy atom. The van der Waals surface area contributed by atoms with Crippen LogP contribution in [0.25, 0.3) is 10.2 Å². The van der Waals surface area contributed by atoms with Gasteiger partial charge in [-0.1, -0.05) is 41.5 Å². The molecule has 2 aromatic heterocycles. The molecule has 1 aliphatic carbocycles. The van der Waals surface area contributed by atoms with Crippen LogP contribution in [0.15, 0.2) is 4.79 Å². The summed E-state index contributed by atoms with van der Waals surface area (Å²) in [6.07, 6.45) is 3.48. The van der Waals surface area contributed by atoms with Crippen LogP contribution in [-0.2, 0) is 17.6 Å². The van der Waals surface area contributed by atoms with E-state index in [9.17, 15) is 9.59 Å². The minimum Gasteiger partial charge on any atom is -0.368 e. The van der Waals surface area contributed by atoms with Gasteiger partial charge in [0.15, 0.2) is 0 Å². The van der Waals surface area contributed by atoms with Crippen molar-refractivity contribution >= 4 is 27.5 Å². The molecule has 2 atom stereocenters. The van der Waals surface area contributed by atoms with Crippen molar-refractivity contribution in [3.63, 3.8) is 0 Å². The number of carbonyl (C=O) groups is 1. The van der Waals surface area contributed by atoms with Crippen LogP contribution in [0, 0.1) is 11.3 Å². The molecule has 0 spiro atoms. The maximum Gasteiger partial charge on any atom is 0.263 e. The lowest BCUT2D eigenvalue weighted by molar-refractivity contribution is -0.121. The molecule has 6 heteroatoms. The van der Waals surface area contributed by atoms with Gasteiger partial charge in [0.2, 0.25) is 5.91 Å². The minimum atomic E-state index is -0.645. The van der Waals surface area contributed by atoms with Gasteiger partial charge in [-0.2, -0.15) is 0 Å². The van der Waals surface area contributed by atoms with Gasteiger partial charge in [-0.3, -0.25) is 14.2 Å². The minimum absolute atomic E-state index is 0.0388. The van der Waals surface area contributed by atoms with Crippen LogP contribution in [0.4, 0.5) is 0 Å². The molecule has 2 N–H and O–H groups in total. The molecule has 2 aromatic rings. The lowest BCUT2D eigenvalue weighted by Crippen LogP contribution is -2.37. The monoisotopic (exact) mass is 389 g/mol. The van der Waals surface area contributed by atoms with E-state index in [1.54, 1.807) is 15.9 Å². The smallest absolute Gasteiger partial charge is 0.263 e. The number of fused-ring (bicyclic) bond motifs is 3. The van der Waals surface area contributed by atoms with E-state index in [4.69, 9.17) is 10.7 Å². The first kappa shape index (κ1) is 20.1. The van der Waals surface area contributed by atoms with Gasteiger partial charge in [0, 0.05) is 10.8 Å². The van der Waals surface area contributed by atoms with E-state index in [0.29, 0.717) is 23.5 Å². The molecule has 0 bridgehead atoms. The Labute approximate surface area is 165 Å². The van der Waals surface area contributed by atoms with Gasteiger partial charge >= 0.3 is 0 Å². The summed E-state index contributed by atoms with van der Waals surface area (Å²) in [6, 6.07) is -0.645. The van der Waals surface area contributed by atoms with Crippen molar-refractivity contribution in [2.75, 3.05) is 0 Å². The van der Waals surface area contributed by atoms with E-state index in [-0.39, 0.29) is 16.9 Å². The quantitative estimate of drug-likeness (QED) is 0.852. The van der Waals surface area contributed by atoms with Crippen LogP contribution >= 0.6 is 11.3 Å². The molecule has 0 saturated carbocycles. The van der Waals surface area contributed by atoms with Gasteiger partial charge in [-0.05, 0) is 42.6 Å². The van der Waals surface area contributed by atoms with E-state index in [2.05, 4.69) is 20.8 Å². The lowest BCUT2D eigenvalue weighted by Gasteiger charge is -2.33. The van der Waals surface area contributed by atoms with E-state index in [1.807, 2.05) is 20.8 Å². The zero-order chi connectivity index (χ0) is 20.1. The Hall–Kier alpha value is -1.69. The summed E-state index contributed by atoms with van der Waals surface area (Å²) in [5.41, 5.74) is 6.92. The van der Waals surface area contributed by atoms with Crippen molar-refractivity contribution in [1.82, 2.24) is 9.55 Å². The molecule has 1 amide bonds. The molecule has 0 aliphatic heterocycles. The molecule has 5 nitrogen and oxygen atoms in total. The van der Waals surface area contributed by atoms with Gasteiger partial charge in [0.25, 0.3) is 5.56 Å². The largest absolute Gasteiger partial charge is 0.368 e. The SMILES string of the molecule is CCC(C(N)=O)n1c(C(C)C)nc2sc3c(c2c1=O)CCC(C(C)(C)C)C3. The van der Waals surface area contributed by atoms with Crippen molar-refractivity contribution in [2.24, 2.45) is 17.1 Å². The number of nitrogens with zero attached hydrogens (tertiary/aromatic N) is 2. The highest BCUT2D eigenvalue weighted by molar-refractivity contribution is 7.18. The third-order valence-corrected chi connectivity index (χ3v) is 7.06. The maximum atomic E-state index is 13.5. The number of aromatic nitrogens is 2. The highest BCUT2D eigenvalue weighted by atomic mass is 32.1. The molecule has 2 unspecified atom stereocenters. The number of aryl methyl sites for hydroxylation is 1. The summed E-state index contributed by atoms with van der Waals surface area (Å²) in [4.78, 5) is 32.5. The van der Waals surface area contributed by atoms with E-state index in [0.717, 1.165) is 29.7 Å². The maximum absolute atomic E-state index is 13.5. The number of hydrogen-bond acceptors (Lipinski definition) is 4. The Morgan fingerprint density at radius 1 is 1.37 bits per heavy atom. The second-order valence-electron chi connectivity index (χ2n) is 9.12. The summed E-state index contributed by atoms with van der Waals surface area (Å²) < 4.78 is 1.57. The Balaban J connectivity index is 2.25. The van der Waals surface area contributed by atoms with Crippen molar-refractivity contribution < 1.29 is 4.79 Å². The van der Waals surface area contributed by atoms with E-state index < -0.39 is 11.9 Å². The molecule has 27 heavy (non-hydrogen) atoms. The fourth-order valence-corrected chi connectivity index (χ4v) is 5.51. The Morgan fingerprint density at radius 2 is 2.04 bits per heavy atom. The zero-order valence-corrected chi connectivity index (χ0v) is 18.1. The van der Waals surface area contributed by atoms with Crippen molar-refractivity contribution in [3.8, 4) is 0 Å². The number of thiophene rings is 1. The molecular formula is C21H31N3O2S. The molecule has 0 radical (unpaired) electrons. The fraction of sp³-hybridized carbons (Fsp3) is 0.667. The van der Waals surface area contributed by atoms with Crippen LogP contribution in [0.2, 0.25) is 0 Å². The summed E-state index contributed by atoms with van der Waals surface area (Å²) in [7, 11) is 0. The number of amides is 1. The standard InChI is InChI=1S/C21H31N3O2S/c1-7-14(17(22)25)24-18(11(2)3)23-19-16(20(24)26)13-9-8-12(21(4,5)6)10-15(13)27-19/h11-12,14H,7-10H2,1-6H3,(H2,22,25). The first-order valence-electron chi connectivity index (χ1n) is 9.92. The topological polar surface area (TPSA) is 78.0 Å².